The lowest BCUT2D eigenvalue weighted by Gasteiger charge is -2.16. The van der Waals surface area contributed by atoms with Gasteiger partial charge in [-0.1, -0.05) is 25.7 Å². The van der Waals surface area contributed by atoms with Gasteiger partial charge in [0.05, 0.1) is 0 Å². The smallest absolute Gasteiger partial charge is 0.241 e. The Bertz CT molecular complexity index is 405. The first kappa shape index (κ1) is 12.9. The maximum absolute atomic E-state index is 11.9. The Kier molecular flexibility index (Phi) is 4.23. The topological polar surface area (TPSA) is 72.9 Å². The molecule has 0 bridgehead atoms. The summed E-state index contributed by atoms with van der Waals surface area (Å²) in [6.07, 6.45) is 7.23. The summed E-state index contributed by atoms with van der Waals surface area (Å²) in [6, 6.07) is 2.12. The van der Waals surface area contributed by atoms with Gasteiger partial charge in [0.2, 0.25) is 5.91 Å². The van der Waals surface area contributed by atoms with Crippen LogP contribution in [0, 0.1) is 6.92 Å². The molecule has 100 valence electrons. The summed E-state index contributed by atoms with van der Waals surface area (Å²) in [6.45, 7) is 2.17. The number of aryl methyl sites for hydroxylation is 1. The first-order valence-corrected chi connectivity index (χ1v) is 6.74. The highest BCUT2D eigenvalue weighted by Crippen LogP contribution is 2.17. The third kappa shape index (κ3) is 3.48. The molecule has 1 fully saturated rings. The van der Waals surface area contributed by atoms with Crippen LogP contribution in [0.25, 0.3) is 0 Å². The maximum atomic E-state index is 11.9. The number of hydrogen-bond acceptors (Lipinski definition) is 3. The number of carbonyl (C=O) groups excluding carboxylic acids is 1. The zero-order valence-electron chi connectivity index (χ0n) is 11.0. The molecule has 0 aliphatic heterocycles. The average molecular weight is 250 g/mol. The lowest BCUT2D eigenvalue weighted by atomic mass is 10.1. The lowest BCUT2D eigenvalue weighted by molar-refractivity contribution is -0.122. The molecule has 0 spiro atoms. The Morgan fingerprint density at radius 1 is 1.44 bits per heavy atom. The zero-order chi connectivity index (χ0) is 13.0. The summed E-state index contributed by atoms with van der Waals surface area (Å²) in [7, 11) is 0. The van der Waals surface area contributed by atoms with Crippen molar-refractivity contribution in [3.63, 3.8) is 0 Å². The van der Waals surface area contributed by atoms with E-state index in [-0.39, 0.29) is 12.5 Å². The molecule has 0 atom stereocenters. The Morgan fingerprint density at radius 3 is 2.67 bits per heavy atom. The van der Waals surface area contributed by atoms with Gasteiger partial charge in [0.25, 0.3) is 0 Å². The average Bonchev–Trinajstić information content (AvgIpc) is 2.54. The van der Waals surface area contributed by atoms with Gasteiger partial charge in [-0.2, -0.15) is 5.10 Å². The van der Waals surface area contributed by atoms with Crippen molar-refractivity contribution >= 4 is 11.7 Å². The summed E-state index contributed by atoms with van der Waals surface area (Å²) in [5.41, 5.74) is 6.52. The number of nitrogens with two attached hydrogens (primary N) is 1. The molecule has 18 heavy (non-hydrogen) atoms. The van der Waals surface area contributed by atoms with Crippen LogP contribution < -0.4 is 11.1 Å². The van der Waals surface area contributed by atoms with Crippen molar-refractivity contribution in [3.8, 4) is 0 Å². The fraction of sp³-hybridized carbons (Fsp3) is 0.692. The molecular formula is C13H22N4O. The van der Waals surface area contributed by atoms with Crippen molar-refractivity contribution in [1.29, 1.82) is 0 Å². The molecule has 1 aromatic heterocycles. The molecule has 3 N–H and O–H groups in total. The van der Waals surface area contributed by atoms with Gasteiger partial charge in [-0.05, 0) is 19.8 Å². The van der Waals surface area contributed by atoms with E-state index in [0.717, 1.165) is 18.5 Å². The molecule has 1 aliphatic carbocycles. The van der Waals surface area contributed by atoms with Crippen LogP contribution in [-0.2, 0) is 11.3 Å². The number of amides is 1. The Balaban J connectivity index is 1.86. The summed E-state index contributed by atoms with van der Waals surface area (Å²) < 4.78 is 1.65. The minimum Gasteiger partial charge on any atom is -0.382 e. The molecule has 0 aromatic carbocycles. The minimum absolute atomic E-state index is 0.0353. The molecule has 1 aromatic rings. The lowest BCUT2D eigenvalue weighted by Crippen LogP contribution is -2.37. The summed E-state index contributed by atoms with van der Waals surface area (Å²) >= 11 is 0. The van der Waals surface area contributed by atoms with Crippen LogP contribution in [0.1, 0.15) is 44.2 Å². The van der Waals surface area contributed by atoms with E-state index < -0.39 is 0 Å². The highest BCUT2D eigenvalue weighted by atomic mass is 16.2. The van der Waals surface area contributed by atoms with Gasteiger partial charge < -0.3 is 11.1 Å². The van der Waals surface area contributed by atoms with Gasteiger partial charge in [0, 0.05) is 17.8 Å². The van der Waals surface area contributed by atoms with E-state index in [2.05, 4.69) is 10.4 Å². The fourth-order valence-electron chi connectivity index (χ4n) is 2.53. The molecule has 0 saturated heterocycles. The van der Waals surface area contributed by atoms with Crippen molar-refractivity contribution in [2.75, 3.05) is 5.73 Å². The van der Waals surface area contributed by atoms with Gasteiger partial charge in [0.15, 0.2) is 0 Å². The van der Waals surface area contributed by atoms with Crippen LogP contribution in [-0.4, -0.2) is 21.7 Å². The highest BCUT2D eigenvalue weighted by molar-refractivity contribution is 5.76. The molecule has 0 radical (unpaired) electrons. The Labute approximate surface area is 108 Å². The fourth-order valence-corrected chi connectivity index (χ4v) is 2.53. The van der Waals surface area contributed by atoms with E-state index in [1.165, 1.54) is 25.7 Å². The molecule has 0 unspecified atom stereocenters. The molecule has 1 heterocycles. The number of rotatable bonds is 3. The van der Waals surface area contributed by atoms with Gasteiger partial charge in [-0.25, -0.2) is 0 Å². The highest BCUT2D eigenvalue weighted by Gasteiger charge is 2.15. The van der Waals surface area contributed by atoms with Crippen LogP contribution in [0.3, 0.4) is 0 Å². The molecular weight excluding hydrogens is 228 g/mol. The minimum atomic E-state index is 0.0353. The second-order valence-corrected chi connectivity index (χ2v) is 5.12. The Hall–Kier alpha value is -1.52. The summed E-state index contributed by atoms with van der Waals surface area (Å²) in [5.74, 6) is 0.503. The van der Waals surface area contributed by atoms with Crippen molar-refractivity contribution in [2.24, 2.45) is 0 Å². The van der Waals surface area contributed by atoms with Crippen LogP contribution in [0.5, 0.6) is 0 Å². The van der Waals surface area contributed by atoms with Gasteiger partial charge in [-0.3, -0.25) is 9.48 Å². The van der Waals surface area contributed by atoms with Gasteiger partial charge >= 0.3 is 0 Å². The first-order valence-electron chi connectivity index (χ1n) is 6.74. The molecule has 1 aliphatic rings. The first-order chi connectivity index (χ1) is 8.65. The number of anilines is 1. The molecule has 1 saturated carbocycles. The predicted molar refractivity (Wildman–Crippen MR) is 71.0 cm³/mol. The van der Waals surface area contributed by atoms with E-state index in [9.17, 15) is 4.79 Å². The molecule has 5 nitrogen and oxygen atoms in total. The number of nitrogens with zero attached hydrogens (tertiary/aromatic N) is 2. The van der Waals surface area contributed by atoms with E-state index >= 15 is 0 Å². The Morgan fingerprint density at radius 2 is 2.11 bits per heavy atom. The molecule has 5 heteroatoms. The van der Waals surface area contributed by atoms with Gasteiger partial charge in [0.1, 0.15) is 12.4 Å². The third-order valence-electron chi connectivity index (χ3n) is 3.51. The standard InChI is InChI=1S/C13H22N4O/c1-10-8-12(14)16-17(10)9-13(18)15-11-6-4-2-3-5-7-11/h8,11H,2-7,9H2,1H3,(H2,14,16)(H,15,18). The van der Waals surface area contributed by atoms with Crippen LogP contribution in [0.4, 0.5) is 5.82 Å². The monoisotopic (exact) mass is 250 g/mol. The van der Waals surface area contributed by atoms with Crippen molar-refractivity contribution in [2.45, 2.75) is 58.0 Å². The molecule has 2 rings (SSSR count). The van der Waals surface area contributed by atoms with Gasteiger partial charge in [-0.15, -0.1) is 0 Å². The van der Waals surface area contributed by atoms with E-state index in [1.807, 2.05) is 6.92 Å². The van der Waals surface area contributed by atoms with E-state index in [4.69, 9.17) is 5.73 Å². The number of nitrogen functional groups attached to an aromatic ring is 1. The zero-order valence-corrected chi connectivity index (χ0v) is 11.0. The SMILES string of the molecule is Cc1cc(N)nn1CC(=O)NC1CCCCCC1. The van der Waals surface area contributed by atoms with Crippen LogP contribution >= 0.6 is 0 Å². The van der Waals surface area contributed by atoms with E-state index in [0.29, 0.717) is 11.9 Å². The second-order valence-electron chi connectivity index (χ2n) is 5.12. The second kappa shape index (κ2) is 5.89. The van der Waals surface area contributed by atoms with Crippen LogP contribution in [0.2, 0.25) is 0 Å². The maximum Gasteiger partial charge on any atom is 0.241 e. The summed E-state index contributed by atoms with van der Waals surface area (Å²) in [4.78, 5) is 11.9. The largest absolute Gasteiger partial charge is 0.382 e. The quantitative estimate of drug-likeness (QED) is 0.800. The number of aromatic nitrogens is 2. The van der Waals surface area contributed by atoms with Crippen molar-refractivity contribution in [3.05, 3.63) is 11.8 Å². The molecule has 1 amide bonds. The predicted octanol–water partition coefficient (Wildman–Crippen LogP) is 1.61. The number of nitrogens with one attached hydrogen (secondary N) is 1. The van der Waals surface area contributed by atoms with E-state index in [1.54, 1.807) is 10.7 Å². The number of carbonyl (C=O) groups is 1. The number of hydrogen-bond donors (Lipinski definition) is 2. The van der Waals surface area contributed by atoms with Crippen LogP contribution in [0.15, 0.2) is 6.07 Å². The normalized spacial score (nSPS) is 17.4. The van der Waals surface area contributed by atoms with Crippen molar-refractivity contribution < 1.29 is 4.79 Å². The summed E-state index contributed by atoms with van der Waals surface area (Å²) in [5, 5.41) is 7.20. The third-order valence-corrected chi connectivity index (χ3v) is 3.51. The van der Waals surface area contributed by atoms with Crippen molar-refractivity contribution in [1.82, 2.24) is 15.1 Å².